The van der Waals surface area contributed by atoms with Gasteiger partial charge in [0.1, 0.15) is 5.82 Å². The van der Waals surface area contributed by atoms with Gasteiger partial charge in [0.15, 0.2) is 0 Å². The first-order valence-electron chi connectivity index (χ1n) is 4.09. The average molecular weight is 189 g/mol. The second-order valence-electron chi connectivity index (χ2n) is 2.87. The summed E-state index contributed by atoms with van der Waals surface area (Å²) in [5.74, 6) is -0.293. The van der Waals surface area contributed by atoms with Crippen LogP contribution in [0.4, 0.5) is 10.1 Å². The van der Waals surface area contributed by atoms with Gasteiger partial charge < -0.3 is 5.73 Å². The van der Waals surface area contributed by atoms with Crippen molar-refractivity contribution in [3.8, 4) is 11.1 Å². The van der Waals surface area contributed by atoms with Gasteiger partial charge in [-0.05, 0) is 17.7 Å². The van der Waals surface area contributed by atoms with E-state index in [-0.39, 0.29) is 5.82 Å². The van der Waals surface area contributed by atoms with Crippen LogP contribution in [-0.2, 0) is 0 Å². The van der Waals surface area contributed by atoms with E-state index in [0.717, 1.165) is 0 Å². The molecule has 0 saturated heterocycles. The molecule has 0 saturated carbocycles. The molecule has 0 radical (unpaired) electrons. The third kappa shape index (κ3) is 1.54. The first-order valence-corrected chi connectivity index (χ1v) is 4.09. The minimum absolute atomic E-state index is 0.293. The van der Waals surface area contributed by atoms with Crippen molar-refractivity contribution in [3.63, 3.8) is 0 Å². The fourth-order valence-electron chi connectivity index (χ4n) is 1.23. The summed E-state index contributed by atoms with van der Waals surface area (Å²) in [5, 5.41) is 7.32. The summed E-state index contributed by atoms with van der Waals surface area (Å²) < 4.78 is 12.9. The lowest BCUT2D eigenvalue weighted by atomic mass is 10.1. The normalized spacial score (nSPS) is 10.1. The number of hydrogen-bond donors (Lipinski definition) is 1. The molecule has 70 valence electrons. The van der Waals surface area contributed by atoms with Crippen molar-refractivity contribution in [1.29, 1.82) is 0 Å². The monoisotopic (exact) mass is 189 g/mol. The molecule has 3 nitrogen and oxygen atoms in total. The summed E-state index contributed by atoms with van der Waals surface area (Å²) in [4.78, 5) is 0. The molecule has 0 bridgehead atoms. The average Bonchev–Trinajstić information content (AvgIpc) is 2.18. The smallest absolute Gasteiger partial charge is 0.123 e. The molecule has 0 aliphatic carbocycles. The van der Waals surface area contributed by atoms with E-state index in [1.165, 1.54) is 24.5 Å². The van der Waals surface area contributed by atoms with Crippen molar-refractivity contribution in [2.24, 2.45) is 0 Å². The Hall–Kier alpha value is -1.97. The summed E-state index contributed by atoms with van der Waals surface area (Å²) >= 11 is 0. The fraction of sp³-hybridized carbons (Fsp3) is 0. The second kappa shape index (κ2) is 3.41. The van der Waals surface area contributed by atoms with Crippen LogP contribution in [0.25, 0.3) is 11.1 Å². The van der Waals surface area contributed by atoms with Gasteiger partial charge >= 0.3 is 0 Å². The molecule has 1 aromatic heterocycles. The van der Waals surface area contributed by atoms with Crippen LogP contribution in [0.1, 0.15) is 0 Å². The first kappa shape index (κ1) is 8.62. The molecule has 2 rings (SSSR count). The molecular weight excluding hydrogens is 181 g/mol. The number of anilines is 1. The number of benzene rings is 1. The Bertz CT molecular complexity index is 457. The Morgan fingerprint density at radius 2 is 1.93 bits per heavy atom. The molecule has 0 amide bonds. The van der Waals surface area contributed by atoms with Crippen LogP contribution in [-0.4, -0.2) is 10.2 Å². The second-order valence-corrected chi connectivity index (χ2v) is 2.87. The molecule has 0 atom stereocenters. The van der Waals surface area contributed by atoms with Crippen LogP contribution in [0.3, 0.4) is 0 Å². The number of rotatable bonds is 1. The van der Waals surface area contributed by atoms with Gasteiger partial charge in [0, 0.05) is 5.56 Å². The number of aromatic nitrogens is 2. The van der Waals surface area contributed by atoms with Crippen molar-refractivity contribution < 1.29 is 4.39 Å². The molecule has 0 fully saturated rings. The van der Waals surface area contributed by atoms with Gasteiger partial charge in [0.2, 0.25) is 0 Å². The van der Waals surface area contributed by atoms with Gasteiger partial charge in [0.05, 0.1) is 18.1 Å². The number of nitrogens with zero attached hydrogens (tertiary/aromatic N) is 2. The van der Waals surface area contributed by atoms with Gasteiger partial charge in [-0.2, -0.15) is 10.2 Å². The Morgan fingerprint density at radius 3 is 2.64 bits per heavy atom. The summed E-state index contributed by atoms with van der Waals surface area (Å²) in [7, 11) is 0. The van der Waals surface area contributed by atoms with E-state index in [2.05, 4.69) is 10.2 Å². The lowest BCUT2D eigenvalue weighted by Gasteiger charge is -2.03. The van der Waals surface area contributed by atoms with Crippen LogP contribution in [0.15, 0.2) is 36.7 Å². The third-order valence-electron chi connectivity index (χ3n) is 1.90. The van der Waals surface area contributed by atoms with Crippen LogP contribution >= 0.6 is 0 Å². The van der Waals surface area contributed by atoms with Crippen LogP contribution < -0.4 is 5.73 Å². The Morgan fingerprint density at radius 1 is 1.14 bits per heavy atom. The van der Waals surface area contributed by atoms with Gasteiger partial charge in [-0.3, -0.25) is 0 Å². The van der Waals surface area contributed by atoms with Gasteiger partial charge in [-0.1, -0.05) is 12.1 Å². The first-order chi connectivity index (χ1) is 6.77. The molecule has 4 heteroatoms. The Labute approximate surface area is 80.4 Å². The fourth-order valence-corrected chi connectivity index (χ4v) is 1.23. The molecule has 2 aromatic rings. The van der Waals surface area contributed by atoms with Gasteiger partial charge in [-0.25, -0.2) is 4.39 Å². The van der Waals surface area contributed by atoms with Crippen LogP contribution in [0.5, 0.6) is 0 Å². The largest absolute Gasteiger partial charge is 0.397 e. The quantitative estimate of drug-likeness (QED) is 0.744. The molecule has 1 heterocycles. The standard InChI is InChI=1S/C10H8FN3/c11-8-3-1-2-7(4-8)9-5-13-14-6-10(9)12/h1-6H,(H2,12,13). The lowest BCUT2D eigenvalue weighted by Crippen LogP contribution is -1.93. The molecule has 0 aliphatic rings. The highest BCUT2D eigenvalue weighted by molar-refractivity contribution is 5.74. The van der Waals surface area contributed by atoms with E-state index in [9.17, 15) is 4.39 Å². The summed E-state index contributed by atoms with van der Waals surface area (Å²) in [5.41, 5.74) is 7.57. The highest BCUT2D eigenvalue weighted by Gasteiger charge is 2.03. The maximum Gasteiger partial charge on any atom is 0.123 e. The van der Waals surface area contributed by atoms with Crippen LogP contribution in [0, 0.1) is 5.82 Å². The van der Waals surface area contributed by atoms with Crippen molar-refractivity contribution in [2.45, 2.75) is 0 Å². The third-order valence-corrected chi connectivity index (χ3v) is 1.90. The van der Waals surface area contributed by atoms with E-state index >= 15 is 0 Å². The Balaban J connectivity index is 2.55. The van der Waals surface area contributed by atoms with Crippen molar-refractivity contribution >= 4 is 5.69 Å². The molecule has 1 aromatic carbocycles. The zero-order chi connectivity index (χ0) is 9.97. The highest BCUT2D eigenvalue weighted by Crippen LogP contribution is 2.23. The maximum absolute atomic E-state index is 12.9. The summed E-state index contributed by atoms with van der Waals surface area (Å²) in [6.07, 6.45) is 2.96. The summed E-state index contributed by atoms with van der Waals surface area (Å²) in [6.45, 7) is 0. The molecule has 0 aliphatic heterocycles. The molecule has 0 unspecified atom stereocenters. The van der Waals surface area contributed by atoms with Gasteiger partial charge in [0.25, 0.3) is 0 Å². The van der Waals surface area contributed by atoms with Gasteiger partial charge in [-0.15, -0.1) is 0 Å². The van der Waals surface area contributed by atoms with E-state index in [1.54, 1.807) is 12.1 Å². The number of nitrogens with two attached hydrogens (primary N) is 1. The summed E-state index contributed by atoms with van der Waals surface area (Å²) in [6, 6.07) is 6.20. The Kier molecular flexibility index (Phi) is 2.10. The van der Waals surface area contributed by atoms with E-state index in [0.29, 0.717) is 16.8 Å². The minimum atomic E-state index is -0.293. The number of hydrogen-bond acceptors (Lipinski definition) is 3. The van der Waals surface area contributed by atoms with E-state index in [4.69, 9.17) is 5.73 Å². The molecular formula is C10H8FN3. The van der Waals surface area contributed by atoms with Crippen LogP contribution in [0.2, 0.25) is 0 Å². The van der Waals surface area contributed by atoms with Crippen molar-refractivity contribution in [2.75, 3.05) is 5.73 Å². The SMILES string of the molecule is Nc1cnncc1-c1cccc(F)c1. The lowest BCUT2D eigenvalue weighted by molar-refractivity contribution is 0.628. The van der Waals surface area contributed by atoms with E-state index in [1.807, 2.05) is 0 Å². The topological polar surface area (TPSA) is 51.8 Å². The van der Waals surface area contributed by atoms with E-state index < -0.39 is 0 Å². The predicted molar refractivity (Wildman–Crippen MR) is 51.8 cm³/mol. The van der Waals surface area contributed by atoms with Crippen molar-refractivity contribution in [1.82, 2.24) is 10.2 Å². The highest BCUT2D eigenvalue weighted by atomic mass is 19.1. The number of halogens is 1. The zero-order valence-corrected chi connectivity index (χ0v) is 7.31. The van der Waals surface area contributed by atoms with Crippen molar-refractivity contribution in [3.05, 3.63) is 42.5 Å². The molecule has 2 N–H and O–H groups in total. The number of nitrogen functional groups attached to an aromatic ring is 1. The predicted octanol–water partition coefficient (Wildman–Crippen LogP) is 1.86. The minimum Gasteiger partial charge on any atom is -0.397 e. The zero-order valence-electron chi connectivity index (χ0n) is 7.31. The maximum atomic E-state index is 12.9. The molecule has 14 heavy (non-hydrogen) atoms. The molecule has 0 spiro atoms.